The highest BCUT2D eigenvalue weighted by molar-refractivity contribution is 7.99. The lowest BCUT2D eigenvalue weighted by Gasteiger charge is -2.14. The predicted molar refractivity (Wildman–Crippen MR) is 67.1 cm³/mol. The number of halogens is 1. The highest BCUT2D eigenvalue weighted by Gasteiger charge is 2.10. The maximum Gasteiger partial charge on any atom is 0.123 e. The molecule has 16 heavy (non-hydrogen) atoms. The Kier molecular flexibility index (Phi) is 6.45. The number of hydrogen-bond acceptors (Lipinski definition) is 3. The van der Waals surface area contributed by atoms with Crippen LogP contribution in [0.1, 0.15) is 17.2 Å². The molecule has 1 rings (SSSR count). The Morgan fingerprint density at radius 3 is 2.94 bits per heavy atom. The predicted octanol–water partition coefficient (Wildman–Crippen LogP) is 2.60. The van der Waals surface area contributed by atoms with E-state index in [0.717, 1.165) is 24.3 Å². The van der Waals surface area contributed by atoms with E-state index in [0.29, 0.717) is 6.54 Å². The van der Waals surface area contributed by atoms with Gasteiger partial charge in [-0.25, -0.2) is 4.39 Å². The van der Waals surface area contributed by atoms with E-state index in [4.69, 9.17) is 10.5 Å². The minimum absolute atomic E-state index is 0.174. The average Bonchev–Trinajstić information content (AvgIpc) is 2.29. The average molecular weight is 243 g/mol. The molecule has 0 aliphatic rings. The fourth-order valence-electron chi connectivity index (χ4n) is 1.44. The van der Waals surface area contributed by atoms with Crippen LogP contribution in [0.2, 0.25) is 0 Å². The van der Waals surface area contributed by atoms with Crippen molar-refractivity contribution in [2.24, 2.45) is 5.73 Å². The maximum absolute atomic E-state index is 13.0. The molecule has 1 aromatic rings. The third-order valence-electron chi connectivity index (χ3n) is 2.25. The first kappa shape index (κ1) is 13.5. The van der Waals surface area contributed by atoms with E-state index >= 15 is 0 Å². The van der Waals surface area contributed by atoms with Crippen LogP contribution in [0.5, 0.6) is 0 Å². The fourth-order valence-corrected chi connectivity index (χ4v) is 2.48. The lowest BCUT2D eigenvalue weighted by molar-refractivity contribution is 0.200. The van der Waals surface area contributed by atoms with Gasteiger partial charge in [-0.2, -0.15) is 11.8 Å². The van der Waals surface area contributed by atoms with E-state index in [1.54, 1.807) is 31.0 Å². The van der Waals surface area contributed by atoms with Gasteiger partial charge < -0.3 is 10.5 Å². The van der Waals surface area contributed by atoms with Crippen molar-refractivity contribution in [2.75, 3.05) is 26.0 Å². The molecule has 0 fully saturated rings. The fraction of sp³-hybridized carbons (Fsp3) is 0.500. The van der Waals surface area contributed by atoms with Gasteiger partial charge >= 0.3 is 0 Å². The SMILES string of the molecule is COCCCSC(CN)c1cccc(F)c1. The summed E-state index contributed by atoms with van der Waals surface area (Å²) < 4.78 is 18.0. The second kappa shape index (κ2) is 7.65. The summed E-state index contributed by atoms with van der Waals surface area (Å²) >= 11 is 1.75. The van der Waals surface area contributed by atoms with Crippen LogP contribution in [0, 0.1) is 5.82 Å². The Morgan fingerprint density at radius 1 is 1.50 bits per heavy atom. The van der Waals surface area contributed by atoms with E-state index in [1.807, 2.05) is 6.07 Å². The zero-order valence-corrected chi connectivity index (χ0v) is 10.3. The normalized spacial score (nSPS) is 12.7. The lowest BCUT2D eigenvalue weighted by Crippen LogP contribution is -2.10. The number of nitrogens with two attached hydrogens (primary N) is 1. The minimum Gasteiger partial charge on any atom is -0.385 e. The standard InChI is InChI=1S/C12H18FNOS/c1-15-6-3-7-16-12(9-14)10-4-2-5-11(13)8-10/h2,4-5,8,12H,3,6-7,9,14H2,1H3. The molecule has 0 heterocycles. The number of ether oxygens (including phenoxy) is 1. The second-order valence-corrected chi connectivity index (χ2v) is 4.81. The zero-order chi connectivity index (χ0) is 11.8. The van der Waals surface area contributed by atoms with Crippen LogP contribution < -0.4 is 5.73 Å². The number of benzene rings is 1. The Labute approximate surface area is 100 Å². The van der Waals surface area contributed by atoms with Crippen molar-refractivity contribution < 1.29 is 9.13 Å². The van der Waals surface area contributed by atoms with Crippen LogP contribution in [0.25, 0.3) is 0 Å². The van der Waals surface area contributed by atoms with Gasteiger partial charge in [0.2, 0.25) is 0 Å². The van der Waals surface area contributed by atoms with Gasteiger partial charge in [0.1, 0.15) is 5.82 Å². The summed E-state index contributed by atoms with van der Waals surface area (Å²) in [6, 6.07) is 6.65. The van der Waals surface area contributed by atoms with E-state index in [-0.39, 0.29) is 11.1 Å². The molecular weight excluding hydrogens is 225 g/mol. The molecule has 2 nitrogen and oxygen atoms in total. The van der Waals surface area contributed by atoms with Crippen molar-refractivity contribution in [3.63, 3.8) is 0 Å². The topological polar surface area (TPSA) is 35.2 Å². The number of methoxy groups -OCH3 is 1. The first-order valence-corrected chi connectivity index (χ1v) is 6.39. The van der Waals surface area contributed by atoms with Crippen molar-refractivity contribution in [1.29, 1.82) is 0 Å². The van der Waals surface area contributed by atoms with Crippen LogP contribution in [0.4, 0.5) is 4.39 Å². The van der Waals surface area contributed by atoms with Gasteiger partial charge in [-0.1, -0.05) is 12.1 Å². The largest absolute Gasteiger partial charge is 0.385 e. The van der Waals surface area contributed by atoms with E-state index < -0.39 is 0 Å². The van der Waals surface area contributed by atoms with Gasteiger partial charge in [-0.05, 0) is 29.9 Å². The number of hydrogen-bond donors (Lipinski definition) is 1. The van der Waals surface area contributed by atoms with Gasteiger partial charge in [-0.15, -0.1) is 0 Å². The molecule has 0 bridgehead atoms. The monoisotopic (exact) mass is 243 g/mol. The lowest BCUT2D eigenvalue weighted by atomic mass is 10.1. The molecule has 0 radical (unpaired) electrons. The van der Waals surface area contributed by atoms with Crippen molar-refractivity contribution in [2.45, 2.75) is 11.7 Å². The summed E-state index contributed by atoms with van der Waals surface area (Å²) in [5.41, 5.74) is 6.66. The smallest absolute Gasteiger partial charge is 0.123 e. The Balaban J connectivity index is 2.47. The molecule has 0 saturated carbocycles. The molecule has 2 N–H and O–H groups in total. The first-order valence-electron chi connectivity index (χ1n) is 5.34. The van der Waals surface area contributed by atoms with Gasteiger partial charge in [-0.3, -0.25) is 0 Å². The van der Waals surface area contributed by atoms with E-state index in [9.17, 15) is 4.39 Å². The van der Waals surface area contributed by atoms with Gasteiger partial charge in [0, 0.05) is 25.5 Å². The quantitative estimate of drug-likeness (QED) is 0.748. The van der Waals surface area contributed by atoms with Gasteiger partial charge in [0.25, 0.3) is 0 Å². The summed E-state index contributed by atoms with van der Waals surface area (Å²) in [4.78, 5) is 0. The summed E-state index contributed by atoms with van der Waals surface area (Å²) in [6.07, 6.45) is 0.993. The number of thioether (sulfide) groups is 1. The number of rotatable bonds is 7. The molecule has 4 heteroatoms. The van der Waals surface area contributed by atoms with Crippen LogP contribution in [-0.2, 0) is 4.74 Å². The zero-order valence-electron chi connectivity index (χ0n) is 9.49. The highest BCUT2D eigenvalue weighted by Crippen LogP contribution is 2.28. The second-order valence-electron chi connectivity index (χ2n) is 3.50. The van der Waals surface area contributed by atoms with E-state index in [2.05, 4.69) is 0 Å². The van der Waals surface area contributed by atoms with Gasteiger partial charge in [0.15, 0.2) is 0 Å². The summed E-state index contributed by atoms with van der Waals surface area (Å²) in [5.74, 6) is 0.778. The molecule has 0 aliphatic carbocycles. The van der Waals surface area contributed by atoms with Crippen LogP contribution in [0.3, 0.4) is 0 Å². The van der Waals surface area contributed by atoms with Crippen LogP contribution in [0.15, 0.2) is 24.3 Å². The Hall–Kier alpha value is -0.580. The van der Waals surface area contributed by atoms with Crippen molar-refractivity contribution >= 4 is 11.8 Å². The molecule has 0 aliphatic heterocycles. The van der Waals surface area contributed by atoms with Crippen LogP contribution >= 0.6 is 11.8 Å². The molecule has 0 aromatic heterocycles. The third kappa shape index (κ3) is 4.51. The van der Waals surface area contributed by atoms with Crippen molar-refractivity contribution in [1.82, 2.24) is 0 Å². The first-order chi connectivity index (χ1) is 7.77. The van der Waals surface area contributed by atoms with Crippen molar-refractivity contribution in [3.05, 3.63) is 35.6 Å². The molecule has 1 atom stereocenters. The molecule has 90 valence electrons. The summed E-state index contributed by atoms with van der Waals surface area (Å²) in [7, 11) is 1.69. The molecule has 0 amide bonds. The molecule has 1 aromatic carbocycles. The molecule has 0 spiro atoms. The highest BCUT2D eigenvalue weighted by atomic mass is 32.2. The van der Waals surface area contributed by atoms with Crippen LogP contribution in [-0.4, -0.2) is 26.0 Å². The summed E-state index contributed by atoms with van der Waals surface area (Å²) in [6.45, 7) is 1.29. The van der Waals surface area contributed by atoms with Crippen molar-refractivity contribution in [3.8, 4) is 0 Å². The molecule has 0 saturated heterocycles. The Bertz CT molecular complexity index is 309. The molecular formula is C12H18FNOS. The third-order valence-corrected chi connectivity index (χ3v) is 3.64. The molecule has 1 unspecified atom stereocenters. The van der Waals surface area contributed by atoms with Gasteiger partial charge in [0.05, 0.1) is 0 Å². The minimum atomic E-state index is -0.201. The maximum atomic E-state index is 13.0. The Morgan fingerprint density at radius 2 is 2.31 bits per heavy atom. The summed E-state index contributed by atoms with van der Waals surface area (Å²) in [5, 5.41) is 0.174. The van der Waals surface area contributed by atoms with E-state index in [1.165, 1.54) is 6.07 Å².